The highest BCUT2D eigenvalue weighted by atomic mass is 16.5. The number of nitrogens with zero attached hydrogens (tertiary/aromatic N) is 1. The lowest BCUT2D eigenvalue weighted by molar-refractivity contribution is -0.120. The zero-order chi connectivity index (χ0) is 22.9. The van der Waals surface area contributed by atoms with Crippen LogP contribution in [0.15, 0.2) is 78.9 Å². The Hall–Kier alpha value is -3.60. The fraction of sp³-hybridized carbons (Fsp3) is 0.259. The van der Waals surface area contributed by atoms with Gasteiger partial charge < -0.3 is 15.0 Å². The third-order valence-electron chi connectivity index (χ3n) is 5.04. The molecule has 32 heavy (non-hydrogen) atoms. The molecule has 0 bridgehead atoms. The van der Waals surface area contributed by atoms with Gasteiger partial charge in [-0.15, -0.1) is 0 Å². The molecule has 3 aromatic carbocycles. The predicted octanol–water partition coefficient (Wildman–Crippen LogP) is 4.86. The molecule has 0 radical (unpaired) electrons. The Labute approximate surface area is 190 Å². The standard InChI is InChI=1S/C27H30N2O3/c1-20(2)18-28-26(30)16-22-11-7-13-24(15-22)29(19-21-9-5-4-6-10-21)27(31)23-12-8-14-25(17-23)32-3/h4-15,17,20H,16,18-19H2,1-3H3,(H,28,30). The molecule has 166 valence electrons. The van der Waals surface area contributed by atoms with Gasteiger partial charge in [-0.3, -0.25) is 9.59 Å². The van der Waals surface area contributed by atoms with Crippen LogP contribution in [0, 0.1) is 5.92 Å². The van der Waals surface area contributed by atoms with E-state index >= 15 is 0 Å². The molecule has 0 aliphatic rings. The molecule has 1 N–H and O–H groups in total. The number of amides is 2. The lowest BCUT2D eigenvalue weighted by Crippen LogP contribution is -2.31. The SMILES string of the molecule is COc1cccc(C(=O)N(Cc2ccccc2)c2cccc(CC(=O)NCC(C)C)c2)c1. The summed E-state index contributed by atoms with van der Waals surface area (Å²) in [7, 11) is 1.58. The summed E-state index contributed by atoms with van der Waals surface area (Å²) in [5.41, 5.74) is 3.17. The molecule has 0 saturated carbocycles. The van der Waals surface area contributed by atoms with Crippen LogP contribution in [0.3, 0.4) is 0 Å². The Morgan fingerprint density at radius 2 is 1.62 bits per heavy atom. The average molecular weight is 431 g/mol. The van der Waals surface area contributed by atoms with Crippen LogP contribution < -0.4 is 15.0 Å². The Morgan fingerprint density at radius 1 is 0.906 bits per heavy atom. The second kappa shape index (κ2) is 11.1. The molecule has 3 rings (SSSR count). The molecule has 2 amide bonds. The van der Waals surface area contributed by atoms with Crippen molar-refractivity contribution in [1.29, 1.82) is 0 Å². The number of methoxy groups -OCH3 is 1. The van der Waals surface area contributed by atoms with Crippen molar-refractivity contribution in [2.45, 2.75) is 26.8 Å². The number of benzene rings is 3. The van der Waals surface area contributed by atoms with Gasteiger partial charge in [-0.2, -0.15) is 0 Å². The normalized spacial score (nSPS) is 10.6. The largest absolute Gasteiger partial charge is 0.497 e. The van der Waals surface area contributed by atoms with Crippen LogP contribution in [0.2, 0.25) is 0 Å². The van der Waals surface area contributed by atoms with Gasteiger partial charge in [0.1, 0.15) is 5.75 Å². The fourth-order valence-corrected chi connectivity index (χ4v) is 3.36. The van der Waals surface area contributed by atoms with Crippen LogP contribution in [0.5, 0.6) is 5.75 Å². The Balaban J connectivity index is 1.89. The van der Waals surface area contributed by atoms with Gasteiger partial charge in [-0.1, -0.05) is 62.4 Å². The number of carbonyl (C=O) groups excluding carboxylic acids is 2. The molecule has 0 saturated heterocycles. The van der Waals surface area contributed by atoms with Crippen molar-refractivity contribution < 1.29 is 14.3 Å². The van der Waals surface area contributed by atoms with Gasteiger partial charge in [0, 0.05) is 17.8 Å². The van der Waals surface area contributed by atoms with Crippen LogP contribution in [0.1, 0.15) is 35.3 Å². The van der Waals surface area contributed by atoms with Crippen molar-refractivity contribution in [2.75, 3.05) is 18.6 Å². The van der Waals surface area contributed by atoms with E-state index in [0.717, 1.165) is 16.8 Å². The topological polar surface area (TPSA) is 58.6 Å². The van der Waals surface area contributed by atoms with E-state index in [1.54, 1.807) is 24.1 Å². The average Bonchev–Trinajstić information content (AvgIpc) is 2.81. The van der Waals surface area contributed by atoms with Crippen molar-refractivity contribution >= 4 is 17.5 Å². The molecule has 3 aromatic rings. The number of hydrogen-bond acceptors (Lipinski definition) is 3. The van der Waals surface area contributed by atoms with Crippen LogP contribution in [0.25, 0.3) is 0 Å². The number of ether oxygens (including phenoxy) is 1. The van der Waals surface area contributed by atoms with Gasteiger partial charge in [-0.25, -0.2) is 0 Å². The highest BCUT2D eigenvalue weighted by molar-refractivity contribution is 6.06. The summed E-state index contributed by atoms with van der Waals surface area (Å²) in [4.78, 5) is 27.6. The maximum atomic E-state index is 13.5. The van der Waals surface area contributed by atoms with Crippen molar-refractivity contribution in [1.82, 2.24) is 5.32 Å². The van der Waals surface area contributed by atoms with E-state index in [2.05, 4.69) is 19.2 Å². The van der Waals surface area contributed by atoms with Gasteiger partial charge in [0.05, 0.1) is 20.1 Å². The van der Waals surface area contributed by atoms with E-state index in [0.29, 0.717) is 30.3 Å². The minimum Gasteiger partial charge on any atom is -0.497 e. The molecule has 5 nitrogen and oxygen atoms in total. The van der Waals surface area contributed by atoms with E-state index in [1.807, 2.05) is 66.7 Å². The molecule has 0 unspecified atom stereocenters. The van der Waals surface area contributed by atoms with E-state index in [-0.39, 0.29) is 18.2 Å². The van der Waals surface area contributed by atoms with Crippen molar-refractivity contribution in [3.05, 3.63) is 95.6 Å². The summed E-state index contributed by atoms with van der Waals surface area (Å²) in [5, 5.41) is 2.95. The summed E-state index contributed by atoms with van der Waals surface area (Å²) < 4.78 is 5.30. The van der Waals surface area contributed by atoms with E-state index < -0.39 is 0 Å². The molecule has 5 heteroatoms. The molecule has 0 aliphatic carbocycles. The van der Waals surface area contributed by atoms with Crippen LogP contribution in [0.4, 0.5) is 5.69 Å². The molecule has 0 aliphatic heterocycles. The number of nitrogens with one attached hydrogen (secondary N) is 1. The van der Waals surface area contributed by atoms with Gasteiger partial charge >= 0.3 is 0 Å². The first-order valence-electron chi connectivity index (χ1n) is 10.8. The lowest BCUT2D eigenvalue weighted by atomic mass is 10.1. The van der Waals surface area contributed by atoms with E-state index in [4.69, 9.17) is 4.74 Å². The number of carbonyl (C=O) groups is 2. The third kappa shape index (κ3) is 6.45. The second-order valence-corrected chi connectivity index (χ2v) is 8.15. The van der Waals surface area contributed by atoms with Crippen LogP contribution in [-0.4, -0.2) is 25.5 Å². The zero-order valence-corrected chi connectivity index (χ0v) is 18.9. The smallest absolute Gasteiger partial charge is 0.258 e. The summed E-state index contributed by atoms with van der Waals surface area (Å²) in [6, 6.07) is 24.6. The highest BCUT2D eigenvalue weighted by Gasteiger charge is 2.19. The Kier molecular flexibility index (Phi) is 8.03. The van der Waals surface area contributed by atoms with Crippen LogP contribution >= 0.6 is 0 Å². The Morgan fingerprint density at radius 3 is 2.34 bits per heavy atom. The first kappa shape index (κ1) is 23.1. The highest BCUT2D eigenvalue weighted by Crippen LogP contribution is 2.23. The second-order valence-electron chi connectivity index (χ2n) is 8.15. The third-order valence-corrected chi connectivity index (χ3v) is 5.04. The maximum absolute atomic E-state index is 13.5. The van der Waals surface area contributed by atoms with Crippen LogP contribution in [-0.2, 0) is 17.8 Å². The van der Waals surface area contributed by atoms with E-state index in [1.165, 1.54) is 0 Å². The summed E-state index contributed by atoms with van der Waals surface area (Å²) in [5.74, 6) is 0.872. The number of anilines is 1. The Bertz CT molecular complexity index is 1050. The predicted molar refractivity (Wildman–Crippen MR) is 128 cm³/mol. The minimum absolute atomic E-state index is 0.0235. The number of rotatable bonds is 9. The van der Waals surface area contributed by atoms with Crippen molar-refractivity contribution in [2.24, 2.45) is 5.92 Å². The first-order valence-corrected chi connectivity index (χ1v) is 10.8. The van der Waals surface area contributed by atoms with Crippen molar-refractivity contribution in [3.8, 4) is 5.75 Å². The maximum Gasteiger partial charge on any atom is 0.258 e. The summed E-state index contributed by atoms with van der Waals surface area (Å²) >= 11 is 0. The monoisotopic (exact) mass is 430 g/mol. The van der Waals surface area contributed by atoms with Gasteiger partial charge in [0.15, 0.2) is 0 Å². The summed E-state index contributed by atoms with van der Waals surface area (Å²) in [6.07, 6.45) is 0.271. The van der Waals surface area contributed by atoms with Gasteiger partial charge in [0.2, 0.25) is 5.91 Å². The molecule has 0 spiro atoms. The molecular formula is C27H30N2O3. The molecular weight excluding hydrogens is 400 g/mol. The number of hydrogen-bond donors (Lipinski definition) is 1. The first-order chi connectivity index (χ1) is 15.5. The zero-order valence-electron chi connectivity index (χ0n) is 18.9. The van der Waals surface area contributed by atoms with Crippen molar-refractivity contribution in [3.63, 3.8) is 0 Å². The minimum atomic E-state index is -0.130. The molecule has 0 aromatic heterocycles. The van der Waals surface area contributed by atoms with Gasteiger partial charge in [-0.05, 0) is 47.4 Å². The fourth-order valence-electron chi connectivity index (χ4n) is 3.36. The molecule has 0 heterocycles. The summed E-state index contributed by atoms with van der Waals surface area (Å²) in [6.45, 7) is 5.19. The molecule has 0 fully saturated rings. The molecule has 0 atom stereocenters. The van der Waals surface area contributed by atoms with Gasteiger partial charge in [0.25, 0.3) is 5.91 Å². The van der Waals surface area contributed by atoms with E-state index in [9.17, 15) is 9.59 Å². The quantitative estimate of drug-likeness (QED) is 0.528. The lowest BCUT2D eigenvalue weighted by Gasteiger charge is -2.24.